The predicted molar refractivity (Wildman–Crippen MR) is 68.7 cm³/mol. The van der Waals surface area contributed by atoms with Crippen molar-refractivity contribution in [3.63, 3.8) is 0 Å². The topological polar surface area (TPSA) is 56.9 Å². The molecule has 0 amide bonds. The number of rotatable bonds is 3. The average Bonchev–Trinajstić information content (AvgIpc) is 2.37. The van der Waals surface area contributed by atoms with Crippen molar-refractivity contribution >= 4 is 11.8 Å². The van der Waals surface area contributed by atoms with Gasteiger partial charge in [-0.15, -0.1) is 11.8 Å². The molecule has 0 aromatic carbocycles. The smallest absolute Gasteiger partial charge is 0.389 e. The molecule has 0 saturated heterocycles. The third kappa shape index (κ3) is 3.37. The fourth-order valence-electron chi connectivity index (χ4n) is 2.27. The van der Waals surface area contributed by atoms with Crippen molar-refractivity contribution in [3.05, 3.63) is 16.7 Å². The summed E-state index contributed by atoms with van der Waals surface area (Å²) >= 11 is 0.995. The highest BCUT2D eigenvalue weighted by Crippen LogP contribution is 2.36. The maximum Gasteiger partial charge on any atom is 0.389 e. The van der Waals surface area contributed by atoms with E-state index in [4.69, 9.17) is 5.26 Å². The Morgan fingerprint density at radius 2 is 1.90 bits per heavy atom. The number of halogens is 3. The number of nitriles is 1. The Morgan fingerprint density at radius 1 is 1.25 bits per heavy atom. The fourth-order valence-corrected chi connectivity index (χ4v) is 3.35. The normalized spacial score (nSPS) is 14.7. The molecular formula is C13H13F3N2OS. The van der Waals surface area contributed by atoms with Crippen molar-refractivity contribution in [1.29, 1.82) is 5.26 Å². The number of pyridine rings is 1. The maximum absolute atomic E-state index is 12.2. The third-order valence-corrected chi connectivity index (χ3v) is 4.21. The Labute approximate surface area is 118 Å². The van der Waals surface area contributed by atoms with Crippen LogP contribution in [0.25, 0.3) is 0 Å². The lowest BCUT2D eigenvalue weighted by molar-refractivity contribution is -0.129. The molecule has 0 radical (unpaired) electrons. The number of aromatic hydroxyl groups is 1. The van der Waals surface area contributed by atoms with Crippen LogP contribution < -0.4 is 0 Å². The van der Waals surface area contributed by atoms with Crippen LogP contribution in [-0.4, -0.2) is 22.0 Å². The van der Waals surface area contributed by atoms with Crippen LogP contribution in [0.4, 0.5) is 13.2 Å². The lowest BCUT2D eigenvalue weighted by Gasteiger charge is -2.20. The van der Waals surface area contributed by atoms with Crippen LogP contribution in [0.15, 0.2) is 5.03 Å². The second-order valence-electron chi connectivity index (χ2n) is 4.61. The van der Waals surface area contributed by atoms with Gasteiger partial charge in [-0.25, -0.2) is 4.98 Å². The van der Waals surface area contributed by atoms with Gasteiger partial charge in [0.25, 0.3) is 0 Å². The number of thioether (sulfide) groups is 1. The zero-order chi connectivity index (χ0) is 14.8. The van der Waals surface area contributed by atoms with E-state index in [1.165, 1.54) is 0 Å². The van der Waals surface area contributed by atoms with Crippen molar-refractivity contribution in [2.75, 3.05) is 5.75 Å². The van der Waals surface area contributed by atoms with E-state index in [0.29, 0.717) is 17.9 Å². The highest BCUT2D eigenvalue weighted by atomic mass is 32.2. The molecule has 1 aromatic heterocycles. The summed E-state index contributed by atoms with van der Waals surface area (Å²) < 4.78 is 36.5. The van der Waals surface area contributed by atoms with Gasteiger partial charge in [0, 0.05) is 5.75 Å². The molecule has 1 aliphatic carbocycles. The van der Waals surface area contributed by atoms with Gasteiger partial charge in [0.15, 0.2) is 0 Å². The van der Waals surface area contributed by atoms with Crippen LogP contribution in [0.1, 0.15) is 36.0 Å². The van der Waals surface area contributed by atoms with Gasteiger partial charge in [-0.05, 0) is 36.8 Å². The molecule has 1 N–H and O–H groups in total. The molecular weight excluding hydrogens is 289 g/mol. The van der Waals surface area contributed by atoms with E-state index in [1.807, 2.05) is 6.07 Å². The van der Waals surface area contributed by atoms with Crippen LogP contribution in [0.5, 0.6) is 5.88 Å². The monoisotopic (exact) mass is 302 g/mol. The Morgan fingerprint density at radius 3 is 2.50 bits per heavy atom. The molecule has 108 valence electrons. The highest BCUT2D eigenvalue weighted by molar-refractivity contribution is 7.99. The molecule has 0 saturated carbocycles. The van der Waals surface area contributed by atoms with Gasteiger partial charge in [0.2, 0.25) is 5.88 Å². The zero-order valence-corrected chi connectivity index (χ0v) is 11.4. The van der Waals surface area contributed by atoms with Crippen LogP contribution in [0.3, 0.4) is 0 Å². The Balaban J connectivity index is 2.25. The molecule has 7 heteroatoms. The standard InChI is InChI=1S/C13H13F3N2OS/c14-13(15,16)5-6-20-12-9-4-2-1-3-8(9)10(7-17)11(19)18-12/h1-6H2,(H,18,19). The number of aromatic nitrogens is 1. The summed E-state index contributed by atoms with van der Waals surface area (Å²) in [6.45, 7) is 0. The molecule has 0 bridgehead atoms. The van der Waals surface area contributed by atoms with Crippen LogP contribution >= 0.6 is 11.8 Å². The van der Waals surface area contributed by atoms with Gasteiger partial charge in [-0.3, -0.25) is 0 Å². The summed E-state index contributed by atoms with van der Waals surface area (Å²) in [5, 5.41) is 19.2. The third-order valence-electron chi connectivity index (χ3n) is 3.19. The summed E-state index contributed by atoms with van der Waals surface area (Å²) in [4.78, 5) is 3.91. The number of fused-ring (bicyclic) bond motifs is 1. The van der Waals surface area contributed by atoms with Crippen molar-refractivity contribution < 1.29 is 18.3 Å². The van der Waals surface area contributed by atoms with Gasteiger partial charge < -0.3 is 5.11 Å². The summed E-state index contributed by atoms with van der Waals surface area (Å²) in [6, 6.07) is 1.93. The van der Waals surface area contributed by atoms with Crippen molar-refractivity contribution in [2.24, 2.45) is 0 Å². The summed E-state index contributed by atoms with van der Waals surface area (Å²) in [7, 11) is 0. The first-order valence-electron chi connectivity index (χ1n) is 6.26. The second-order valence-corrected chi connectivity index (χ2v) is 5.69. The minimum absolute atomic E-state index is 0.131. The number of hydrogen-bond donors (Lipinski definition) is 1. The SMILES string of the molecule is N#Cc1c(O)nc(SCCC(F)(F)F)c2c1CCCC2. The largest absolute Gasteiger partial charge is 0.492 e. The molecule has 0 atom stereocenters. The Kier molecular flexibility index (Phi) is 4.43. The quantitative estimate of drug-likeness (QED) is 0.867. The van der Waals surface area contributed by atoms with Crippen LogP contribution in [0, 0.1) is 11.3 Å². The summed E-state index contributed by atoms with van der Waals surface area (Å²) in [5.41, 5.74) is 1.75. The van der Waals surface area contributed by atoms with Crippen molar-refractivity contribution in [1.82, 2.24) is 4.98 Å². The summed E-state index contributed by atoms with van der Waals surface area (Å²) in [5.74, 6) is -0.503. The van der Waals surface area contributed by atoms with Gasteiger partial charge in [0.1, 0.15) is 16.7 Å². The number of hydrogen-bond acceptors (Lipinski definition) is 4. The zero-order valence-electron chi connectivity index (χ0n) is 10.6. The van der Waals surface area contributed by atoms with Crippen LogP contribution in [-0.2, 0) is 12.8 Å². The van der Waals surface area contributed by atoms with E-state index >= 15 is 0 Å². The Hall–Kier alpha value is -1.42. The second kappa shape index (κ2) is 5.92. The highest BCUT2D eigenvalue weighted by Gasteiger charge is 2.27. The first-order chi connectivity index (χ1) is 9.42. The van der Waals surface area contributed by atoms with Gasteiger partial charge in [-0.1, -0.05) is 0 Å². The number of alkyl halides is 3. The van der Waals surface area contributed by atoms with E-state index in [9.17, 15) is 18.3 Å². The van der Waals surface area contributed by atoms with Gasteiger partial charge in [-0.2, -0.15) is 18.4 Å². The molecule has 2 rings (SSSR count). The average molecular weight is 302 g/mol. The van der Waals surface area contributed by atoms with E-state index in [0.717, 1.165) is 35.7 Å². The lowest BCUT2D eigenvalue weighted by Crippen LogP contribution is -2.11. The molecule has 1 aliphatic rings. The van der Waals surface area contributed by atoms with E-state index in [1.54, 1.807) is 0 Å². The van der Waals surface area contributed by atoms with Crippen molar-refractivity contribution in [3.8, 4) is 11.9 Å². The molecule has 20 heavy (non-hydrogen) atoms. The lowest BCUT2D eigenvalue weighted by atomic mass is 9.90. The molecule has 3 nitrogen and oxygen atoms in total. The summed E-state index contributed by atoms with van der Waals surface area (Å²) in [6.07, 6.45) is -1.88. The first-order valence-corrected chi connectivity index (χ1v) is 7.25. The van der Waals surface area contributed by atoms with E-state index in [2.05, 4.69) is 4.98 Å². The Bertz CT molecular complexity index is 552. The van der Waals surface area contributed by atoms with Crippen molar-refractivity contribution in [2.45, 2.75) is 43.3 Å². The minimum atomic E-state index is -4.19. The molecule has 1 aromatic rings. The molecule has 0 unspecified atom stereocenters. The van der Waals surface area contributed by atoms with Gasteiger partial charge in [0.05, 0.1) is 6.42 Å². The molecule has 0 aliphatic heterocycles. The maximum atomic E-state index is 12.2. The van der Waals surface area contributed by atoms with Gasteiger partial charge >= 0.3 is 6.18 Å². The number of nitrogens with zero attached hydrogens (tertiary/aromatic N) is 2. The molecule has 1 heterocycles. The minimum Gasteiger partial charge on any atom is -0.492 e. The predicted octanol–water partition coefficient (Wildman–Crippen LogP) is 3.58. The molecule has 0 spiro atoms. The van der Waals surface area contributed by atoms with Crippen LogP contribution in [0.2, 0.25) is 0 Å². The molecule has 0 fully saturated rings. The first kappa shape index (κ1) is 15.0. The van der Waals surface area contributed by atoms with E-state index in [-0.39, 0.29) is 17.2 Å². The fraction of sp³-hybridized carbons (Fsp3) is 0.538. The van der Waals surface area contributed by atoms with E-state index < -0.39 is 12.6 Å².